The van der Waals surface area contributed by atoms with E-state index in [1.807, 2.05) is 54.6 Å². The Bertz CT molecular complexity index is 988. The molecule has 26 heavy (non-hydrogen) atoms. The van der Waals surface area contributed by atoms with Crippen LogP contribution in [0.2, 0.25) is 5.28 Å². The van der Waals surface area contributed by atoms with Gasteiger partial charge in [-0.25, -0.2) is 9.97 Å². The summed E-state index contributed by atoms with van der Waals surface area (Å²) in [5.74, 6) is 0.434. The van der Waals surface area contributed by atoms with E-state index in [0.717, 1.165) is 22.4 Å². The van der Waals surface area contributed by atoms with Crippen LogP contribution in [0, 0.1) is 0 Å². The number of fused-ring (bicyclic) bond motifs is 1. The summed E-state index contributed by atoms with van der Waals surface area (Å²) < 4.78 is 0. The molecule has 0 fully saturated rings. The topological polar surface area (TPSA) is 67.2 Å². The lowest BCUT2D eigenvalue weighted by atomic mass is 9.96. The molecule has 1 aromatic heterocycles. The first-order valence-electron chi connectivity index (χ1n) is 8.20. The zero-order chi connectivity index (χ0) is 17.9. The first-order valence-corrected chi connectivity index (χ1v) is 8.58. The van der Waals surface area contributed by atoms with Crippen molar-refractivity contribution in [3.8, 4) is 0 Å². The zero-order valence-electron chi connectivity index (χ0n) is 13.8. The monoisotopic (exact) mass is 362 g/mol. The number of halogens is 1. The Morgan fingerprint density at radius 1 is 1.00 bits per heavy atom. The van der Waals surface area contributed by atoms with E-state index in [1.165, 1.54) is 6.20 Å². The first-order chi connectivity index (χ1) is 12.7. The van der Waals surface area contributed by atoms with Crippen molar-refractivity contribution >= 4 is 28.9 Å². The molecule has 0 bridgehead atoms. The molecule has 1 aliphatic heterocycles. The molecule has 0 radical (unpaired) electrons. The van der Waals surface area contributed by atoms with E-state index in [1.54, 1.807) is 6.07 Å². The van der Waals surface area contributed by atoms with Crippen LogP contribution in [0.15, 0.2) is 71.9 Å². The van der Waals surface area contributed by atoms with Crippen LogP contribution in [0.5, 0.6) is 0 Å². The number of rotatable bonds is 3. The van der Waals surface area contributed by atoms with Gasteiger partial charge in [0.05, 0.1) is 5.71 Å². The van der Waals surface area contributed by atoms with Gasteiger partial charge < -0.3 is 5.32 Å². The van der Waals surface area contributed by atoms with Gasteiger partial charge in [-0.3, -0.25) is 9.79 Å². The second-order valence-corrected chi connectivity index (χ2v) is 6.24. The van der Waals surface area contributed by atoms with E-state index >= 15 is 0 Å². The lowest BCUT2D eigenvalue weighted by Crippen LogP contribution is -2.29. The first kappa shape index (κ1) is 16.4. The highest BCUT2D eigenvalue weighted by Crippen LogP contribution is 2.22. The maximum Gasteiger partial charge on any atom is 0.224 e. The number of ketones is 1. The highest BCUT2D eigenvalue weighted by molar-refractivity contribution is 6.28. The van der Waals surface area contributed by atoms with Crippen molar-refractivity contribution in [2.45, 2.75) is 12.6 Å². The van der Waals surface area contributed by atoms with Gasteiger partial charge in [-0.2, -0.15) is 0 Å². The van der Waals surface area contributed by atoms with Crippen LogP contribution >= 0.6 is 11.6 Å². The van der Waals surface area contributed by atoms with Crippen LogP contribution in [0.25, 0.3) is 0 Å². The number of benzene rings is 2. The standard InChI is InChI=1S/C20H15ClN4O/c21-20-22-11-10-17(24-20)23-19-16(26)12-14-8-4-5-9-15(14)18(25-19)13-6-2-1-3-7-13/h1-11,19H,12H2,(H,22,23,24). The SMILES string of the molecule is O=C1Cc2ccccc2C(c2ccccc2)=NC1Nc1ccnc(Cl)n1. The number of aromatic nitrogens is 2. The fraction of sp³-hybridized carbons (Fsp3) is 0.100. The number of aliphatic imine (C=N–C) groups is 1. The Morgan fingerprint density at radius 2 is 1.77 bits per heavy atom. The second kappa shape index (κ2) is 7.06. The summed E-state index contributed by atoms with van der Waals surface area (Å²) in [4.78, 5) is 25.5. The molecule has 6 heteroatoms. The Hall–Kier alpha value is -3.05. The Morgan fingerprint density at radius 3 is 2.58 bits per heavy atom. The Balaban J connectivity index is 1.79. The lowest BCUT2D eigenvalue weighted by molar-refractivity contribution is -0.118. The molecule has 0 amide bonds. The molecule has 128 valence electrons. The van der Waals surface area contributed by atoms with Crippen LogP contribution in [-0.4, -0.2) is 27.6 Å². The predicted molar refractivity (Wildman–Crippen MR) is 102 cm³/mol. The number of Topliss-reactive ketones (excluding diaryl/α,β-unsaturated/α-hetero) is 1. The molecule has 5 nitrogen and oxygen atoms in total. The Labute approximate surface area is 155 Å². The van der Waals surface area contributed by atoms with Crippen LogP contribution in [0.1, 0.15) is 16.7 Å². The average molecular weight is 363 g/mol. The number of anilines is 1. The summed E-state index contributed by atoms with van der Waals surface area (Å²) in [5, 5.41) is 3.19. The zero-order valence-corrected chi connectivity index (χ0v) is 14.5. The number of nitrogens with zero attached hydrogens (tertiary/aromatic N) is 3. The van der Waals surface area contributed by atoms with E-state index in [4.69, 9.17) is 16.6 Å². The van der Waals surface area contributed by atoms with E-state index in [9.17, 15) is 4.79 Å². The molecule has 1 N–H and O–H groups in total. The minimum Gasteiger partial charge on any atom is -0.342 e. The molecule has 4 rings (SSSR count). The molecule has 1 aliphatic rings. The summed E-state index contributed by atoms with van der Waals surface area (Å²) in [6.45, 7) is 0. The number of carbonyl (C=O) groups excluding carboxylic acids is 1. The van der Waals surface area contributed by atoms with Gasteiger partial charge in [0.15, 0.2) is 11.9 Å². The van der Waals surface area contributed by atoms with E-state index in [0.29, 0.717) is 12.2 Å². The number of hydrogen-bond acceptors (Lipinski definition) is 5. The van der Waals surface area contributed by atoms with Crippen molar-refractivity contribution in [2.75, 3.05) is 5.32 Å². The smallest absolute Gasteiger partial charge is 0.224 e. The third-order valence-electron chi connectivity index (χ3n) is 4.16. The largest absolute Gasteiger partial charge is 0.342 e. The molecule has 1 atom stereocenters. The van der Waals surface area contributed by atoms with E-state index < -0.39 is 6.17 Å². The van der Waals surface area contributed by atoms with Gasteiger partial charge in [-0.15, -0.1) is 0 Å². The molecular formula is C20H15ClN4O. The quantitative estimate of drug-likeness (QED) is 0.724. The van der Waals surface area contributed by atoms with Gasteiger partial charge >= 0.3 is 0 Å². The number of nitrogens with one attached hydrogen (secondary N) is 1. The van der Waals surface area contributed by atoms with Crippen molar-refractivity contribution in [1.29, 1.82) is 0 Å². The summed E-state index contributed by atoms with van der Waals surface area (Å²) in [7, 11) is 0. The molecule has 2 aromatic carbocycles. The normalized spacial score (nSPS) is 16.4. The summed E-state index contributed by atoms with van der Waals surface area (Å²) in [5.41, 5.74) is 3.68. The van der Waals surface area contributed by atoms with Gasteiger partial charge in [-0.1, -0.05) is 54.6 Å². The minimum atomic E-state index is -0.747. The van der Waals surface area contributed by atoms with Crippen molar-refractivity contribution < 1.29 is 4.79 Å². The van der Waals surface area contributed by atoms with Crippen molar-refractivity contribution in [3.05, 3.63) is 88.8 Å². The van der Waals surface area contributed by atoms with E-state index in [-0.39, 0.29) is 11.1 Å². The van der Waals surface area contributed by atoms with Gasteiger partial charge in [0.2, 0.25) is 5.28 Å². The summed E-state index contributed by atoms with van der Waals surface area (Å²) >= 11 is 5.85. The third kappa shape index (κ3) is 3.34. The highest BCUT2D eigenvalue weighted by atomic mass is 35.5. The van der Waals surface area contributed by atoms with Crippen LogP contribution in [0.4, 0.5) is 5.82 Å². The summed E-state index contributed by atoms with van der Waals surface area (Å²) in [6, 6.07) is 19.4. The fourth-order valence-corrected chi connectivity index (χ4v) is 3.10. The number of hydrogen-bond donors (Lipinski definition) is 1. The van der Waals surface area contributed by atoms with Crippen LogP contribution in [0.3, 0.4) is 0 Å². The van der Waals surface area contributed by atoms with Gasteiger partial charge in [0.25, 0.3) is 0 Å². The maximum atomic E-state index is 12.8. The molecule has 0 saturated heterocycles. The van der Waals surface area contributed by atoms with Crippen molar-refractivity contribution in [3.63, 3.8) is 0 Å². The molecule has 1 unspecified atom stereocenters. The average Bonchev–Trinajstić information content (AvgIpc) is 2.79. The third-order valence-corrected chi connectivity index (χ3v) is 4.34. The highest BCUT2D eigenvalue weighted by Gasteiger charge is 2.26. The van der Waals surface area contributed by atoms with Gasteiger partial charge in [-0.05, 0) is 23.2 Å². The van der Waals surface area contributed by atoms with Crippen molar-refractivity contribution in [2.24, 2.45) is 4.99 Å². The van der Waals surface area contributed by atoms with Crippen LogP contribution in [-0.2, 0) is 11.2 Å². The molecule has 0 aliphatic carbocycles. The van der Waals surface area contributed by atoms with Gasteiger partial charge in [0, 0.05) is 23.7 Å². The van der Waals surface area contributed by atoms with E-state index in [2.05, 4.69) is 15.3 Å². The molecule has 3 aromatic rings. The predicted octanol–water partition coefficient (Wildman–Crippen LogP) is 3.53. The summed E-state index contributed by atoms with van der Waals surface area (Å²) in [6.07, 6.45) is 1.09. The van der Waals surface area contributed by atoms with Crippen LogP contribution < -0.4 is 5.32 Å². The maximum absolute atomic E-state index is 12.8. The fourth-order valence-electron chi connectivity index (χ4n) is 2.95. The molecule has 0 saturated carbocycles. The molecule has 0 spiro atoms. The van der Waals surface area contributed by atoms with Crippen molar-refractivity contribution in [1.82, 2.24) is 9.97 Å². The number of carbonyl (C=O) groups is 1. The Kier molecular flexibility index (Phi) is 4.46. The lowest BCUT2D eigenvalue weighted by Gasteiger charge is -2.14. The second-order valence-electron chi connectivity index (χ2n) is 5.90. The molecule has 2 heterocycles. The molecular weight excluding hydrogens is 348 g/mol. The van der Waals surface area contributed by atoms with Gasteiger partial charge in [0.1, 0.15) is 5.82 Å². The minimum absolute atomic E-state index is 0.0295.